The van der Waals surface area contributed by atoms with Gasteiger partial charge in [-0.3, -0.25) is 4.79 Å². The fraction of sp³-hybridized carbons (Fsp3) is 0.353. The normalized spacial score (nSPS) is 25.3. The molecule has 2 bridgehead atoms. The molecule has 1 aromatic carbocycles. The molecular weight excluding hydrogens is 308 g/mol. The third kappa shape index (κ3) is 2.47. The number of hydrogen-bond acceptors (Lipinski definition) is 5. The standard InChI is InChI=1S/C17H16N4OS/c18-9-21-13-5-6-16(21)14(7-13)20-17(22)12-3-1-11(2-4-12)15-8-23-10-19-15/h1-4,8,10,13-14,16H,5-7H2,(H,20,22)/t13-,14+,16+/m0/s1. The Labute approximate surface area is 138 Å². The summed E-state index contributed by atoms with van der Waals surface area (Å²) in [4.78, 5) is 18.6. The van der Waals surface area contributed by atoms with E-state index in [0.29, 0.717) is 11.6 Å². The molecule has 3 heterocycles. The van der Waals surface area contributed by atoms with E-state index in [-0.39, 0.29) is 18.0 Å². The Morgan fingerprint density at radius 2 is 2.17 bits per heavy atom. The quantitative estimate of drug-likeness (QED) is 0.881. The first kappa shape index (κ1) is 14.2. The Kier molecular flexibility index (Phi) is 3.50. The average molecular weight is 324 g/mol. The summed E-state index contributed by atoms with van der Waals surface area (Å²) in [6, 6.07) is 8.07. The van der Waals surface area contributed by atoms with Crippen molar-refractivity contribution in [2.75, 3.05) is 0 Å². The monoisotopic (exact) mass is 324 g/mol. The maximum Gasteiger partial charge on any atom is 0.251 e. The van der Waals surface area contributed by atoms with E-state index in [4.69, 9.17) is 0 Å². The number of nitrogens with one attached hydrogen (secondary N) is 1. The molecule has 1 amide bonds. The van der Waals surface area contributed by atoms with Crippen LogP contribution in [0.1, 0.15) is 29.6 Å². The third-order valence-electron chi connectivity index (χ3n) is 4.84. The first-order valence-corrected chi connectivity index (χ1v) is 8.68. The second kappa shape index (κ2) is 5.67. The fourth-order valence-electron chi connectivity index (χ4n) is 3.70. The number of nitrogens with zero attached hydrogens (tertiary/aromatic N) is 3. The molecular formula is C17H16N4OS. The van der Waals surface area contributed by atoms with Crippen molar-refractivity contribution in [1.29, 1.82) is 5.26 Å². The largest absolute Gasteiger partial charge is 0.347 e. The molecule has 3 atom stereocenters. The number of aromatic nitrogens is 1. The van der Waals surface area contributed by atoms with E-state index < -0.39 is 0 Å². The van der Waals surface area contributed by atoms with Gasteiger partial charge in [0.25, 0.3) is 5.91 Å². The smallest absolute Gasteiger partial charge is 0.251 e. The number of carbonyl (C=O) groups is 1. The molecule has 0 radical (unpaired) electrons. The van der Waals surface area contributed by atoms with Crippen LogP contribution in [0.2, 0.25) is 0 Å². The van der Waals surface area contributed by atoms with E-state index in [1.807, 2.05) is 34.5 Å². The number of fused-ring (bicyclic) bond motifs is 2. The molecule has 2 aromatic rings. The van der Waals surface area contributed by atoms with Crippen LogP contribution in [0.15, 0.2) is 35.2 Å². The lowest BCUT2D eigenvalue weighted by Crippen LogP contribution is -2.43. The maximum absolute atomic E-state index is 12.4. The molecule has 2 saturated heterocycles. The molecule has 6 heteroatoms. The van der Waals surface area contributed by atoms with E-state index in [0.717, 1.165) is 30.5 Å². The van der Waals surface area contributed by atoms with Gasteiger partial charge in [-0.1, -0.05) is 12.1 Å². The van der Waals surface area contributed by atoms with Gasteiger partial charge in [-0.05, 0) is 31.4 Å². The maximum atomic E-state index is 12.4. The Morgan fingerprint density at radius 3 is 2.83 bits per heavy atom. The molecule has 1 aromatic heterocycles. The second-order valence-electron chi connectivity index (χ2n) is 6.07. The minimum absolute atomic E-state index is 0.0646. The molecule has 2 aliphatic rings. The fourth-order valence-corrected chi connectivity index (χ4v) is 4.26. The van der Waals surface area contributed by atoms with E-state index in [1.165, 1.54) is 0 Å². The minimum atomic E-state index is -0.0646. The predicted octanol–water partition coefficient (Wildman–Crippen LogP) is 2.63. The number of nitriles is 1. The van der Waals surface area contributed by atoms with Crippen molar-refractivity contribution in [3.05, 3.63) is 40.7 Å². The Balaban J connectivity index is 1.45. The SMILES string of the molecule is N#CN1[C@H]2CC[C@@H]1[C@H](NC(=O)c1ccc(-c3cscn3)cc1)C2. The molecule has 2 fully saturated rings. The highest BCUT2D eigenvalue weighted by atomic mass is 32.1. The van der Waals surface area contributed by atoms with Gasteiger partial charge in [0.1, 0.15) is 0 Å². The van der Waals surface area contributed by atoms with Gasteiger partial charge >= 0.3 is 0 Å². The first-order chi connectivity index (χ1) is 11.3. The number of carbonyl (C=O) groups excluding carboxylic acids is 1. The third-order valence-corrected chi connectivity index (χ3v) is 5.43. The predicted molar refractivity (Wildman–Crippen MR) is 87.7 cm³/mol. The van der Waals surface area contributed by atoms with Crippen LogP contribution in [0.25, 0.3) is 11.3 Å². The summed E-state index contributed by atoms with van der Waals surface area (Å²) in [5.74, 6) is -0.0646. The Hall–Kier alpha value is -2.39. The Bertz CT molecular complexity index is 750. The lowest BCUT2D eigenvalue weighted by Gasteiger charge is -2.21. The molecule has 116 valence electrons. The number of thiazole rings is 1. The number of rotatable bonds is 3. The molecule has 5 nitrogen and oxygen atoms in total. The molecule has 0 aliphatic carbocycles. The summed E-state index contributed by atoms with van der Waals surface area (Å²) in [6.07, 6.45) is 5.20. The van der Waals surface area contributed by atoms with Crippen LogP contribution in [0.5, 0.6) is 0 Å². The van der Waals surface area contributed by atoms with Gasteiger partial charge in [-0.25, -0.2) is 4.98 Å². The summed E-state index contributed by atoms with van der Waals surface area (Å²) >= 11 is 1.55. The van der Waals surface area contributed by atoms with Crippen LogP contribution < -0.4 is 5.32 Å². The van der Waals surface area contributed by atoms with Crippen molar-refractivity contribution in [2.45, 2.75) is 37.4 Å². The zero-order valence-electron chi connectivity index (χ0n) is 12.5. The zero-order chi connectivity index (χ0) is 15.8. The number of benzene rings is 1. The number of amides is 1. The average Bonchev–Trinajstić information content (AvgIpc) is 3.30. The van der Waals surface area contributed by atoms with E-state index >= 15 is 0 Å². The van der Waals surface area contributed by atoms with Crippen molar-refractivity contribution >= 4 is 17.2 Å². The second-order valence-corrected chi connectivity index (χ2v) is 6.79. The summed E-state index contributed by atoms with van der Waals surface area (Å²) in [5.41, 5.74) is 4.39. The molecule has 0 spiro atoms. The summed E-state index contributed by atoms with van der Waals surface area (Å²) in [5, 5.41) is 14.3. The van der Waals surface area contributed by atoms with Gasteiger partial charge in [-0.2, -0.15) is 5.26 Å². The van der Waals surface area contributed by atoms with Crippen LogP contribution in [0.3, 0.4) is 0 Å². The van der Waals surface area contributed by atoms with Crippen molar-refractivity contribution in [1.82, 2.24) is 15.2 Å². The van der Waals surface area contributed by atoms with Crippen LogP contribution in [0, 0.1) is 11.5 Å². The van der Waals surface area contributed by atoms with Gasteiger partial charge in [0.15, 0.2) is 6.19 Å². The van der Waals surface area contributed by atoms with Gasteiger partial charge in [0, 0.05) is 22.5 Å². The summed E-state index contributed by atoms with van der Waals surface area (Å²) < 4.78 is 0. The van der Waals surface area contributed by atoms with Crippen molar-refractivity contribution < 1.29 is 4.79 Å². The van der Waals surface area contributed by atoms with Crippen LogP contribution in [-0.2, 0) is 0 Å². The van der Waals surface area contributed by atoms with Crippen LogP contribution in [0.4, 0.5) is 0 Å². The molecule has 2 aliphatic heterocycles. The van der Waals surface area contributed by atoms with Gasteiger partial charge < -0.3 is 10.2 Å². The lowest BCUT2D eigenvalue weighted by atomic mass is 9.95. The van der Waals surface area contributed by atoms with E-state index in [1.54, 1.807) is 16.8 Å². The highest BCUT2D eigenvalue weighted by molar-refractivity contribution is 7.07. The highest BCUT2D eigenvalue weighted by Crippen LogP contribution is 2.37. The first-order valence-electron chi connectivity index (χ1n) is 7.74. The molecule has 4 rings (SSSR count). The zero-order valence-corrected chi connectivity index (χ0v) is 13.3. The van der Waals surface area contributed by atoms with Crippen molar-refractivity contribution in [3.63, 3.8) is 0 Å². The van der Waals surface area contributed by atoms with E-state index in [2.05, 4.69) is 16.5 Å². The molecule has 0 unspecified atom stereocenters. The highest BCUT2D eigenvalue weighted by Gasteiger charge is 2.46. The van der Waals surface area contributed by atoms with Crippen molar-refractivity contribution in [2.24, 2.45) is 0 Å². The van der Waals surface area contributed by atoms with Crippen molar-refractivity contribution in [3.8, 4) is 17.5 Å². The van der Waals surface area contributed by atoms with Crippen LogP contribution in [-0.4, -0.2) is 33.9 Å². The van der Waals surface area contributed by atoms with Gasteiger partial charge in [0.05, 0.1) is 23.3 Å². The molecule has 1 N–H and O–H groups in total. The lowest BCUT2D eigenvalue weighted by molar-refractivity contribution is 0.0928. The molecule has 23 heavy (non-hydrogen) atoms. The van der Waals surface area contributed by atoms with Crippen LogP contribution >= 0.6 is 11.3 Å². The minimum Gasteiger partial charge on any atom is -0.347 e. The summed E-state index contributed by atoms with van der Waals surface area (Å²) in [6.45, 7) is 0. The Morgan fingerprint density at radius 1 is 1.35 bits per heavy atom. The van der Waals surface area contributed by atoms with Gasteiger partial charge in [0.2, 0.25) is 0 Å². The summed E-state index contributed by atoms with van der Waals surface area (Å²) in [7, 11) is 0. The topological polar surface area (TPSA) is 69.0 Å². The van der Waals surface area contributed by atoms with Gasteiger partial charge in [-0.15, -0.1) is 11.3 Å². The number of hydrogen-bond donors (Lipinski definition) is 1. The van der Waals surface area contributed by atoms with E-state index in [9.17, 15) is 10.1 Å². The molecule has 0 saturated carbocycles.